The Morgan fingerprint density at radius 3 is 2.50 bits per heavy atom. The molecule has 0 aromatic heterocycles. The van der Waals surface area contributed by atoms with Crippen molar-refractivity contribution in [1.29, 1.82) is 0 Å². The fourth-order valence-electron chi connectivity index (χ4n) is 3.43. The molecule has 0 aromatic rings. The molecule has 0 radical (unpaired) electrons. The Hall–Kier alpha value is -1.46. The topological polar surface area (TPSA) is 71.2 Å². The van der Waals surface area contributed by atoms with Crippen molar-refractivity contribution in [3.8, 4) is 0 Å². The highest BCUT2D eigenvalue weighted by atomic mass is 16.6. The Balaban J connectivity index is 1.84. The second-order valence-corrected chi connectivity index (χ2v) is 8.33. The summed E-state index contributed by atoms with van der Waals surface area (Å²) in [7, 11) is 0. The van der Waals surface area contributed by atoms with Gasteiger partial charge in [-0.2, -0.15) is 0 Å². The average Bonchev–Trinajstić information content (AvgIpc) is 2.51. The van der Waals surface area contributed by atoms with Crippen LogP contribution in [0.15, 0.2) is 4.99 Å². The third kappa shape index (κ3) is 5.87. The third-order valence-corrected chi connectivity index (χ3v) is 4.66. The molecular weight excluding hydrogens is 304 g/mol. The normalized spacial score (nSPS) is 26.4. The van der Waals surface area contributed by atoms with Gasteiger partial charge in [-0.25, -0.2) is 4.79 Å². The maximum absolute atomic E-state index is 12.2. The van der Waals surface area contributed by atoms with Crippen LogP contribution in [0.25, 0.3) is 0 Å². The monoisotopic (exact) mass is 338 g/mol. The quantitative estimate of drug-likeness (QED) is 0.621. The Morgan fingerprint density at radius 1 is 1.17 bits per heavy atom. The van der Waals surface area contributed by atoms with Gasteiger partial charge in [0.1, 0.15) is 5.60 Å². The molecule has 2 heterocycles. The van der Waals surface area contributed by atoms with Gasteiger partial charge in [-0.3, -0.25) is 4.99 Å². The molecular formula is C18H34N4O2. The number of piperidine rings is 2. The molecule has 0 saturated carbocycles. The second-order valence-electron chi connectivity index (χ2n) is 8.33. The number of nitrogens with two attached hydrogens (primary N) is 1. The number of hydrogen-bond acceptors (Lipinski definition) is 3. The maximum Gasteiger partial charge on any atom is 0.410 e. The first-order chi connectivity index (χ1) is 11.2. The highest BCUT2D eigenvalue weighted by Gasteiger charge is 2.27. The van der Waals surface area contributed by atoms with Crippen LogP contribution in [0.1, 0.15) is 53.4 Å². The zero-order valence-electron chi connectivity index (χ0n) is 15.8. The molecule has 24 heavy (non-hydrogen) atoms. The van der Waals surface area contributed by atoms with Gasteiger partial charge in [-0.1, -0.05) is 6.92 Å². The third-order valence-electron chi connectivity index (χ3n) is 4.66. The van der Waals surface area contributed by atoms with Crippen molar-refractivity contribution < 1.29 is 9.53 Å². The van der Waals surface area contributed by atoms with Crippen molar-refractivity contribution in [3.05, 3.63) is 0 Å². The smallest absolute Gasteiger partial charge is 0.410 e. The van der Waals surface area contributed by atoms with Crippen molar-refractivity contribution in [3.63, 3.8) is 0 Å². The summed E-state index contributed by atoms with van der Waals surface area (Å²) >= 11 is 0. The molecule has 2 atom stereocenters. The van der Waals surface area contributed by atoms with E-state index in [1.165, 1.54) is 12.8 Å². The van der Waals surface area contributed by atoms with Crippen LogP contribution in [0, 0.1) is 11.8 Å². The summed E-state index contributed by atoms with van der Waals surface area (Å²) in [4.78, 5) is 20.8. The lowest BCUT2D eigenvalue weighted by Gasteiger charge is -2.34. The van der Waals surface area contributed by atoms with Crippen molar-refractivity contribution in [2.45, 2.75) is 59.0 Å². The highest BCUT2D eigenvalue weighted by molar-refractivity contribution is 5.78. The van der Waals surface area contributed by atoms with Crippen LogP contribution in [0.5, 0.6) is 0 Å². The average molecular weight is 338 g/mol. The number of carbonyl (C=O) groups is 1. The molecule has 0 aliphatic carbocycles. The molecule has 2 unspecified atom stereocenters. The van der Waals surface area contributed by atoms with Gasteiger partial charge < -0.3 is 20.3 Å². The first-order valence-corrected chi connectivity index (χ1v) is 9.27. The predicted octanol–water partition coefficient (Wildman–Crippen LogP) is 2.68. The van der Waals surface area contributed by atoms with Gasteiger partial charge in [0.2, 0.25) is 0 Å². The van der Waals surface area contributed by atoms with E-state index in [4.69, 9.17) is 10.5 Å². The van der Waals surface area contributed by atoms with Gasteiger partial charge in [-0.05, 0) is 58.3 Å². The van der Waals surface area contributed by atoms with Crippen molar-refractivity contribution in [2.24, 2.45) is 22.6 Å². The van der Waals surface area contributed by atoms with Gasteiger partial charge in [0.15, 0.2) is 5.96 Å². The second kappa shape index (κ2) is 8.08. The van der Waals surface area contributed by atoms with Crippen LogP contribution in [0.2, 0.25) is 0 Å². The van der Waals surface area contributed by atoms with Crippen LogP contribution in [-0.2, 0) is 4.74 Å². The summed E-state index contributed by atoms with van der Waals surface area (Å²) < 4.78 is 5.48. The summed E-state index contributed by atoms with van der Waals surface area (Å²) in [6, 6.07) is 0. The van der Waals surface area contributed by atoms with E-state index < -0.39 is 5.60 Å². The van der Waals surface area contributed by atoms with Crippen LogP contribution < -0.4 is 5.73 Å². The minimum atomic E-state index is -0.447. The van der Waals surface area contributed by atoms with Gasteiger partial charge in [0, 0.05) is 32.7 Å². The first kappa shape index (κ1) is 18.9. The molecule has 138 valence electrons. The number of nitrogens with zero attached hydrogens (tertiary/aromatic N) is 3. The van der Waals surface area contributed by atoms with E-state index in [1.807, 2.05) is 25.7 Å². The molecule has 0 aromatic carbocycles. The summed E-state index contributed by atoms with van der Waals surface area (Å²) in [6.45, 7) is 12.1. The lowest BCUT2D eigenvalue weighted by molar-refractivity contribution is 0.0170. The molecule has 1 amide bonds. The molecule has 2 rings (SSSR count). The standard InChI is InChI=1S/C18H34N4O2/c1-14-7-5-9-21(12-14)16(19)20-11-15-8-6-10-22(13-15)17(23)24-18(2,3)4/h14-15H,5-13H2,1-4H3,(H2,19,20). The lowest BCUT2D eigenvalue weighted by Crippen LogP contribution is -2.45. The summed E-state index contributed by atoms with van der Waals surface area (Å²) in [5.41, 5.74) is 5.73. The van der Waals surface area contributed by atoms with E-state index in [-0.39, 0.29) is 6.09 Å². The maximum atomic E-state index is 12.2. The van der Waals surface area contributed by atoms with Gasteiger partial charge in [0.25, 0.3) is 0 Å². The van der Waals surface area contributed by atoms with Crippen LogP contribution in [0.3, 0.4) is 0 Å². The molecule has 2 N–H and O–H groups in total. The SMILES string of the molecule is CC1CCCN(C(N)=NCC2CCCN(C(=O)OC(C)(C)C)C2)C1. The van der Waals surface area contributed by atoms with Crippen LogP contribution >= 0.6 is 0 Å². The van der Waals surface area contributed by atoms with E-state index >= 15 is 0 Å². The molecule has 0 spiro atoms. The van der Waals surface area contributed by atoms with Crippen LogP contribution in [-0.4, -0.2) is 60.2 Å². The fraction of sp³-hybridized carbons (Fsp3) is 0.889. The zero-order valence-corrected chi connectivity index (χ0v) is 15.8. The zero-order chi connectivity index (χ0) is 17.7. The Morgan fingerprint density at radius 2 is 1.83 bits per heavy atom. The number of amides is 1. The summed E-state index contributed by atoms with van der Waals surface area (Å²) in [5.74, 6) is 1.72. The fourth-order valence-corrected chi connectivity index (χ4v) is 3.43. The number of ether oxygens (including phenoxy) is 1. The summed E-state index contributed by atoms with van der Waals surface area (Å²) in [6.07, 6.45) is 4.34. The van der Waals surface area contributed by atoms with Crippen molar-refractivity contribution in [2.75, 3.05) is 32.7 Å². The number of guanidine groups is 1. The minimum Gasteiger partial charge on any atom is -0.444 e. The molecule has 6 heteroatoms. The van der Waals surface area contributed by atoms with Gasteiger partial charge in [-0.15, -0.1) is 0 Å². The number of hydrogen-bond donors (Lipinski definition) is 1. The molecule has 0 bridgehead atoms. The van der Waals surface area contributed by atoms with Crippen LogP contribution in [0.4, 0.5) is 4.79 Å². The Labute approximate surface area is 146 Å². The summed E-state index contributed by atoms with van der Waals surface area (Å²) in [5, 5.41) is 0. The van der Waals surface area contributed by atoms with Gasteiger partial charge in [0.05, 0.1) is 0 Å². The molecule has 2 fully saturated rings. The molecule has 2 aliphatic rings. The van der Waals surface area contributed by atoms with Gasteiger partial charge >= 0.3 is 6.09 Å². The van der Waals surface area contributed by atoms with E-state index in [9.17, 15) is 4.79 Å². The molecule has 6 nitrogen and oxygen atoms in total. The minimum absolute atomic E-state index is 0.214. The highest BCUT2D eigenvalue weighted by Crippen LogP contribution is 2.20. The lowest BCUT2D eigenvalue weighted by atomic mass is 9.98. The number of likely N-dealkylation sites (tertiary alicyclic amines) is 2. The van der Waals surface area contributed by atoms with E-state index in [2.05, 4.69) is 16.8 Å². The molecule has 2 saturated heterocycles. The largest absolute Gasteiger partial charge is 0.444 e. The van der Waals surface area contributed by atoms with Crippen molar-refractivity contribution in [1.82, 2.24) is 9.80 Å². The number of rotatable bonds is 2. The van der Waals surface area contributed by atoms with E-state index in [0.717, 1.165) is 32.5 Å². The first-order valence-electron chi connectivity index (χ1n) is 9.27. The molecule has 2 aliphatic heterocycles. The number of aliphatic imine (C=N–C) groups is 1. The van der Waals surface area contributed by atoms with E-state index in [0.29, 0.717) is 30.9 Å². The van der Waals surface area contributed by atoms with E-state index in [1.54, 1.807) is 0 Å². The predicted molar refractivity (Wildman–Crippen MR) is 97.0 cm³/mol. The van der Waals surface area contributed by atoms with Crippen molar-refractivity contribution >= 4 is 12.1 Å². The number of carbonyl (C=O) groups excluding carboxylic acids is 1. The Kier molecular flexibility index (Phi) is 6.35. The Bertz CT molecular complexity index is 458.